The normalized spacial score (nSPS) is 11.7. The van der Waals surface area contributed by atoms with Gasteiger partial charge in [-0.25, -0.2) is 18.4 Å². The molecule has 2 heterocycles. The van der Waals surface area contributed by atoms with Crippen molar-refractivity contribution in [3.63, 3.8) is 0 Å². The molecule has 0 spiro atoms. The highest BCUT2D eigenvalue weighted by Gasteiger charge is 2.17. The first-order valence-electron chi connectivity index (χ1n) is 10.6. The minimum absolute atomic E-state index is 0.222. The molecule has 0 bridgehead atoms. The van der Waals surface area contributed by atoms with Gasteiger partial charge in [-0.3, -0.25) is 10.1 Å². The summed E-state index contributed by atoms with van der Waals surface area (Å²) in [5, 5.41) is 4.04. The molecule has 0 fully saturated rings. The fourth-order valence-electron chi connectivity index (χ4n) is 3.96. The number of nitrogens with one attached hydrogen (secondary N) is 1. The monoisotopic (exact) mass is 487 g/mol. The van der Waals surface area contributed by atoms with Crippen LogP contribution in [0.2, 0.25) is 0 Å². The molecule has 0 radical (unpaired) electrons. The van der Waals surface area contributed by atoms with Crippen LogP contribution in [0.1, 0.15) is 21.5 Å². The highest BCUT2D eigenvalue weighted by molar-refractivity contribution is 7.90. The van der Waals surface area contributed by atoms with E-state index in [-0.39, 0.29) is 10.8 Å². The molecule has 0 saturated heterocycles. The molecule has 6 nitrogen and oxygen atoms in total. The van der Waals surface area contributed by atoms with Crippen molar-refractivity contribution in [3.8, 4) is 11.3 Å². The molecular weight excluding hydrogens is 466 g/mol. The predicted octanol–water partition coefficient (Wildman–Crippen LogP) is 5.78. The fourth-order valence-corrected chi connectivity index (χ4v) is 5.58. The van der Waals surface area contributed by atoms with E-state index in [0.717, 1.165) is 33.3 Å². The number of hydrogen-bond donors (Lipinski definition) is 1. The number of aromatic nitrogens is 2. The quantitative estimate of drug-likeness (QED) is 0.347. The topological polar surface area (TPSA) is 89.0 Å². The van der Waals surface area contributed by atoms with Crippen LogP contribution in [0.5, 0.6) is 0 Å². The number of fused-ring (bicyclic) bond motifs is 2. The average molecular weight is 488 g/mol. The van der Waals surface area contributed by atoms with Crippen molar-refractivity contribution in [1.29, 1.82) is 0 Å². The van der Waals surface area contributed by atoms with Gasteiger partial charge < -0.3 is 0 Å². The molecule has 3 aromatic carbocycles. The van der Waals surface area contributed by atoms with Crippen LogP contribution in [0.15, 0.2) is 71.6 Å². The van der Waals surface area contributed by atoms with Crippen LogP contribution in [0.3, 0.4) is 0 Å². The Morgan fingerprint density at radius 1 is 0.912 bits per heavy atom. The second-order valence-corrected chi connectivity index (χ2v) is 11.3. The minimum Gasteiger partial charge on any atom is -0.298 e. The molecule has 0 aliphatic carbocycles. The van der Waals surface area contributed by atoms with Crippen LogP contribution in [0.25, 0.3) is 32.4 Å². The number of para-hydroxylation sites is 1. The fraction of sp³-hybridized carbons (Fsp3) is 0.115. The van der Waals surface area contributed by atoms with Gasteiger partial charge >= 0.3 is 0 Å². The predicted molar refractivity (Wildman–Crippen MR) is 137 cm³/mol. The average Bonchev–Trinajstić information content (AvgIpc) is 3.19. The number of carbonyl (C=O) groups excluding carboxylic acids is 1. The molecule has 1 amide bonds. The zero-order valence-electron chi connectivity index (χ0n) is 18.8. The summed E-state index contributed by atoms with van der Waals surface area (Å²) < 4.78 is 24.4. The SMILES string of the molecule is Cc1ccc(-c2cc(C(=O)Nc3nc4ccc(S(C)(=O)=O)cc4s3)c3ccccc3n2)c(C)c1. The molecule has 2 aromatic heterocycles. The Morgan fingerprint density at radius 3 is 2.47 bits per heavy atom. The lowest BCUT2D eigenvalue weighted by atomic mass is 9.99. The third-order valence-corrected chi connectivity index (χ3v) is 7.67. The largest absolute Gasteiger partial charge is 0.298 e. The maximum Gasteiger partial charge on any atom is 0.258 e. The Labute approximate surface area is 201 Å². The van der Waals surface area contributed by atoms with Crippen molar-refractivity contribution < 1.29 is 13.2 Å². The van der Waals surface area contributed by atoms with Crippen molar-refractivity contribution >= 4 is 53.3 Å². The van der Waals surface area contributed by atoms with E-state index in [1.54, 1.807) is 12.1 Å². The number of pyridine rings is 1. The third kappa shape index (κ3) is 4.18. The first-order chi connectivity index (χ1) is 16.2. The second-order valence-electron chi connectivity index (χ2n) is 8.27. The Hall–Kier alpha value is -3.62. The third-order valence-electron chi connectivity index (χ3n) is 5.63. The van der Waals surface area contributed by atoms with E-state index in [1.165, 1.54) is 23.7 Å². The molecule has 0 saturated carbocycles. The molecule has 5 aromatic rings. The smallest absolute Gasteiger partial charge is 0.258 e. The Bertz CT molecular complexity index is 1710. The van der Waals surface area contributed by atoms with E-state index in [2.05, 4.69) is 16.4 Å². The van der Waals surface area contributed by atoms with E-state index in [1.807, 2.05) is 56.3 Å². The molecule has 5 rings (SSSR count). The highest BCUT2D eigenvalue weighted by Crippen LogP contribution is 2.31. The number of benzene rings is 3. The number of nitrogens with zero attached hydrogens (tertiary/aromatic N) is 2. The van der Waals surface area contributed by atoms with Gasteiger partial charge in [0.15, 0.2) is 15.0 Å². The molecule has 0 atom stereocenters. The zero-order chi connectivity index (χ0) is 24.0. The summed E-state index contributed by atoms with van der Waals surface area (Å²) >= 11 is 1.24. The van der Waals surface area contributed by atoms with E-state index in [4.69, 9.17) is 4.98 Å². The van der Waals surface area contributed by atoms with E-state index < -0.39 is 9.84 Å². The Kier molecular flexibility index (Phi) is 5.42. The molecule has 34 heavy (non-hydrogen) atoms. The molecular formula is C26H21N3O3S2. The lowest BCUT2D eigenvalue weighted by molar-refractivity contribution is 0.102. The number of anilines is 1. The van der Waals surface area contributed by atoms with Crippen molar-refractivity contribution in [2.24, 2.45) is 0 Å². The second kappa shape index (κ2) is 8.30. The Morgan fingerprint density at radius 2 is 1.71 bits per heavy atom. The molecule has 0 aliphatic heterocycles. The van der Waals surface area contributed by atoms with E-state index in [0.29, 0.717) is 20.9 Å². The van der Waals surface area contributed by atoms with Gasteiger partial charge in [0.05, 0.1) is 31.9 Å². The number of sulfone groups is 1. The van der Waals surface area contributed by atoms with Gasteiger partial charge in [0.2, 0.25) is 0 Å². The van der Waals surface area contributed by atoms with Crippen LogP contribution in [-0.2, 0) is 9.84 Å². The number of hydrogen-bond acceptors (Lipinski definition) is 6. The summed E-state index contributed by atoms with van der Waals surface area (Å²) in [6.45, 7) is 4.07. The lowest BCUT2D eigenvalue weighted by Gasteiger charge is -2.11. The first kappa shape index (κ1) is 22.2. The number of carbonyl (C=O) groups is 1. The van der Waals surface area contributed by atoms with Crippen LogP contribution in [0.4, 0.5) is 5.13 Å². The summed E-state index contributed by atoms with van der Waals surface area (Å²) in [6, 6.07) is 20.3. The molecule has 170 valence electrons. The van der Waals surface area contributed by atoms with Crippen molar-refractivity contribution in [2.75, 3.05) is 11.6 Å². The molecule has 8 heteroatoms. The van der Waals surface area contributed by atoms with Crippen molar-refractivity contribution in [2.45, 2.75) is 18.7 Å². The standard InChI is InChI=1S/C26H21N3O3S2/c1-15-8-10-18(16(2)12-15)23-14-20(19-6-4-5-7-21(19)27-23)25(30)29-26-28-22-11-9-17(34(3,31)32)13-24(22)33-26/h4-14H,1-3H3,(H,28,29,30). The first-order valence-corrected chi connectivity index (χ1v) is 13.3. The molecule has 0 aliphatic rings. The van der Waals surface area contributed by atoms with Gasteiger partial charge in [-0.1, -0.05) is 53.3 Å². The zero-order valence-corrected chi connectivity index (χ0v) is 20.4. The highest BCUT2D eigenvalue weighted by atomic mass is 32.2. The molecule has 1 N–H and O–H groups in total. The van der Waals surface area contributed by atoms with Crippen LogP contribution in [0, 0.1) is 13.8 Å². The minimum atomic E-state index is -3.33. The number of rotatable bonds is 4. The summed E-state index contributed by atoms with van der Waals surface area (Å²) in [5.74, 6) is -0.299. The maximum absolute atomic E-state index is 13.4. The summed E-state index contributed by atoms with van der Waals surface area (Å²) in [7, 11) is -3.33. The number of thiazole rings is 1. The van der Waals surface area contributed by atoms with Gasteiger partial charge in [-0.05, 0) is 49.7 Å². The van der Waals surface area contributed by atoms with Crippen molar-refractivity contribution in [1.82, 2.24) is 9.97 Å². The maximum atomic E-state index is 13.4. The van der Waals surface area contributed by atoms with Crippen LogP contribution in [-0.4, -0.2) is 30.5 Å². The van der Waals surface area contributed by atoms with Gasteiger partial charge in [0.1, 0.15) is 0 Å². The van der Waals surface area contributed by atoms with Crippen LogP contribution < -0.4 is 5.32 Å². The summed E-state index contributed by atoms with van der Waals surface area (Å²) in [5.41, 5.74) is 5.80. The van der Waals surface area contributed by atoms with Gasteiger partial charge in [-0.15, -0.1) is 0 Å². The van der Waals surface area contributed by atoms with E-state index in [9.17, 15) is 13.2 Å². The van der Waals surface area contributed by atoms with Gasteiger partial charge in [0, 0.05) is 17.2 Å². The van der Waals surface area contributed by atoms with Crippen molar-refractivity contribution in [3.05, 3.63) is 83.4 Å². The Balaban J connectivity index is 1.56. The van der Waals surface area contributed by atoms with Gasteiger partial charge in [-0.2, -0.15) is 0 Å². The summed E-state index contributed by atoms with van der Waals surface area (Å²) in [4.78, 5) is 22.9. The number of amides is 1. The number of aryl methyl sites for hydroxylation is 2. The van der Waals surface area contributed by atoms with Crippen LogP contribution >= 0.6 is 11.3 Å². The molecule has 0 unspecified atom stereocenters. The van der Waals surface area contributed by atoms with Gasteiger partial charge in [0.25, 0.3) is 5.91 Å². The van der Waals surface area contributed by atoms with E-state index >= 15 is 0 Å². The summed E-state index contributed by atoms with van der Waals surface area (Å²) in [6.07, 6.45) is 1.17. The lowest BCUT2D eigenvalue weighted by Crippen LogP contribution is -2.13.